The number of thiophene rings is 1. The van der Waals surface area contributed by atoms with Gasteiger partial charge in [-0.05, 0) is 56.1 Å². The van der Waals surface area contributed by atoms with Gasteiger partial charge in [0.1, 0.15) is 0 Å². The molecule has 0 bridgehead atoms. The van der Waals surface area contributed by atoms with Gasteiger partial charge in [0.15, 0.2) is 0 Å². The summed E-state index contributed by atoms with van der Waals surface area (Å²) in [7, 11) is 0. The molecule has 0 aliphatic carbocycles. The maximum atomic E-state index is 12.1. The first-order valence-corrected chi connectivity index (χ1v) is 7.67. The molecule has 0 spiro atoms. The highest BCUT2D eigenvalue weighted by Gasteiger charge is 2.16. The standard InChI is InChI=1S/C12H8Br2N2O3S/c13-7-4-9(20-10(7)14)11(17)16-8-2-1-5(15)3-6(8)12(18)19/h1-4H,15H2,(H,16,17)(H,18,19). The predicted octanol–water partition coefficient (Wildman–Crippen LogP) is 3.81. The lowest BCUT2D eigenvalue weighted by Crippen LogP contribution is -2.13. The molecule has 1 heterocycles. The quantitative estimate of drug-likeness (QED) is 0.659. The zero-order chi connectivity index (χ0) is 14.9. The number of anilines is 2. The Morgan fingerprint density at radius 3 is 2.50 bits per heavy atom. The molecule has 0 aliphatic heterocycles. The lowest BCUT2D eigenvalue weighted by molar-refractivity contribution is 0.0698. The second-order valence-electron chi connectivity index (χ2n) is 3.80. The number of hydrogen-bond donors (Lipinski definition) is 3. The van der Waals surface area contributed by atoms with Crippen LogP contribution in [-0.4, -0.2) is 17.0 Å². The first-order valence-electron chi connectivity index (χ1n) is 5.27. The van der Waals surface area contributed by atoms with Crippen molar-refractivity contribution in [3.63, 3.8) is 0 Å². The number of amides is 1. The summed E-state index contributed by atoms with van der Waals surface area (Å²) in [5, 5.41) is 11.7. The van der Waals surface area contributed by atoms with Crippen molar-refractivity contribution in [1.29, 1.82) is 0 Å². The number of benzene rings is 1. The van der Waals surface area contributed by atoms with Crippen LogP contribution in [0.3, 0.4) is 0 Å². The minimum absolute atomic E-state index is 0.0481. The van der Waals surface area contributed by atoms with E-state index in [1.54, 1.807) is 6.07 Å². The summed E-state index contributed by atoms with van der Waals surface area (Å²) < 4.78 is 1.56. The SMILES string of the molecule is Nc1ccc(NC(=O)c2cc(Br)c(Br)s2)c(C(=O)O)c1. The van der Waals surface area contributed by atoms with Gasteiger partial charge < -0.3 is 16.2 Å². The average Bonchev–Trinajstić information content (AvgIpc) is 2.71. The second kappa shape index (κ2) is 5.94. The van der Waals surface area contributed by atoms with Gasteiger partial charge in [-0.15, -0.1) is 11.3 Å². The molecule has 0 saturated carbocycles. The minimum atomic E-state index is -1.15. The molecule has 0 atom stereocenters. The zero-order valence-electron chi connectivity index (χ0n) is 9.81. The molecule has 0 saturated heterocycles. The van der Waals surface area contributed by atoms with Gasteiger partial charge in [0, 0.05) is 10.2 Å². The van der Waals surface area contributed by atoms with E-state index < -0.39 is 5.97 Å². The van der Waals surface area contributed by atoms with Crippen molar-refractivity contribution in [1.82, 2.24) is 0 Å². The lowest BCUT2D eigenvalue weighted by Gasteiger charge is -2.08. The van der Waals surface area contributed by atoms with Gasteiger partial charge in [0.2, 0.25) is 0 Å². The van der Waals surface area contributed by atoms with Gasteiger partial charge in [-0.1, -0.05) is 0 Å². The molecule has 104 valence electrons. The van der Waals surface area contributed by atoms with Gasteiger partial charge >= 0.3 is 5.97 Å². The molecular weight excluding hydrogens is 412 g/mol. The number of aromatic carboxylic acids is 1. The van der Waals surface area contributed by atoms with Crippen molar-refractivity contribution in [2.45, 2.75) is 0 Å². The highest BCUT2D eigenvalue weighted by molar-refractivity contribution is 9.13. The van der Waals surface area contributed by atoms with E-state index in [9.17, 15) is 9.59 Å². The first-order chi connectivity index (χ1) is 9.38. The summed E-state index contributed by atoms with van der Waals surface area (Å²) in [6.07, 6.45) is 0. The number of hydrogen-bond acceptors (Lipinski definition) is 4. The predicted molar refractivity (Wildman–Crippen MR) is 85.5 cm³/mol. The third-order valence-electron chi connectivity index (χ3n) is 2.39. The number of nitrogen functional groups attached to an aromatic ring is 1. The number of rotatable bonds is 3. The summed E-state index contributed by atoms with van der Waals surface area (Å²) in [6, 6.07) is 5.96. The number of carboxylic acids is 1. The third kappa shape index (κ3) is 3.20. The van der Waals surface area contributed by atoms with Crippen LogP contribution in [0.25, 0.3) is 0 Å². The average molecular weight is 420 g/mol. The fourth-order valence-corrected chi connectivity index (χ4v) is 3.42. The fraction of sp³-hybridized carbons (Fsp3) is 0. The molecule has 5 nitrogen and oxygen atoms in total. The first kappa shape index (κ1) is 15.0. The smallest absolute Gasteiger partial charge is 0.337 e. The number of nitrogens with one attached hydrogen (secondary N) is 1. The lowest BCUT2D eigenvalue weighted by atomic mass is 10.1. The molecule has 8 heteroatoms. The number of carbonyl (C=O) groups excluding carboxylic acids is 1. The monoisotopic (exact) mass is 418 g/mol. The molecule has 2 aromatic rings. The summed E-state index contributed by atoms with van der Waals surface area (Å²) in [5.41, 5.74) is 6.02. The summed E-state index contributed by atoms with van der Waals surface area (Å²) >= 11 is 7.83. The zero-order valence-corrected chi connectivity index (χ0v) is 13.8. The molecule has 0 unspecified atom stereocenters. The van der Waals surface area contributed by atoms with Crippen LogP contribution in [0.15, 0.2) is 32.5 Å². The molecule has 1 amide bonds. The minimum Gasteiger partial charge on any atom is -0.478 e. The van der Waals surface area contributed by atoms with Crippen molar-refractivity contribution < 1.29 is 14.7 Å². The van der Waals surface area contributed by atoms with Crippen LogP contribution in [0.1, 0.15) is 20.0 Å². The number of halogens is 2. The van der Waals surface area contributed by atoms with Crippen LogP contribution in [-0.2, 0) is 0 Å². The molecular formula is C12H8Br2N2O3S. The van der Waals surface area contributed by atoms with Crippen LogP contribution >= 0.6 is 43.2 Å². The number of carbonyl (C=O) groups is 2. The van der Waals surface area contributed by atoms with E-state index in [1.165, 1.54) is 29.5 Å². The maximum absolute atomic E-state index is 12.1. The van der Waals surface area contributed by atoms with Crippen LogP contribution in [0, 0.1) is 0 Å². The molecule has 1 aromatic heterocycles. The number of nitrogens with two attached hydrogens (primary N) is 1. The van der Waals surface area contributed by atoms with Crippen molar-refractivity contribution in [2.75, 3.05) is 11.1 Å². The Kier molecular flexibility index (Phi) is 4.46. The van der Waals surface area contributed by atoms with Crippen molar-refractivity contribution in [3.8, 4) is 0 Å². The fourth-order valence-electron chi connectivity index (χ4n) is 1.49. The molecule has 0 fully saturated rings. The third-order valence-corrected chi connectivity index (χ3v) is 5.65. The molecule has 0 aliphatic rings. The molecule has 2 rings (SSSR count). The Morgan fingerprint density at radius 2 is 1.95 bits per heavy atom. The van der Waals surface area contributed by atoms with Crippen LogP contribution in [0.4, 0.5) is 11.4 Å². The summed E-state index contributed by atoms with van der Waals surface area (Å²) in [4.78, 5) is 23.7. The van der Waals surface area contributed by atoms with Gasteiger partial charge in [0.25, 0.3) is 5.91 Å². The van der Waals surface area contributed by atoms with Gasteiger partial charge in [-0.25, -0.2) is 4.79 Å². The van der Waals surface area contributed by atoms with Gasteiger partial charge in [-0.3, -0.25) is 4.79 Å². The largest absolute Gasteiger partial charge is 0.478 e. The van der Waals surface area contributed by atoms with E-state index in [2.05, 4.69) is 37.2 Å². The topological polar surface area (TPSA) is 92.4 Å². The molecule has 0 radical (unpaired) electrons. The Morgan fingerprint density at radius 1 is 1.25 bits per heavy atom. The Balaban J connectivity index is 2.30. The van der Waals surface area contributed by atoms with Gasteiger partial charge in [0.05, 0.1) is 19.9 Å². The molecule has 1 aromatic carbocycles. The highest BCUT2D eigenvalue weighted by atomic mass is 79.9. The molecule has 4 N–H and O–H groups in total. The maximum Gasteiger partial charge on any atom is 0.337 e. The normalized spacial score (nSPS) is 10.3. The second-order valence-corrected chi connectivity index (χ2v) is 7.02. The van der Waals surface area contributed by atoms with E-state index in [-0.39, 0.29) is 17.2 Å². The van der Waals surface area contributed by atoms with Crippen LogP contribution < -0.4 is 11.1 Å². The summed E-state index contributed by atoms with van der Waals surface area (Å²) in [5.74, 6) is -1.53. The Bertz CT molecular complexity index is 681. The number of carboxylic acid groups (broad SMARTS) is 1. The molecule has 20 heavy (non-hydrogen) atoms. The Labute approximate surface area is 135 Å². The summed E-state index contributed by atoms with van der Waals surface area (Å²) in [6.45, 7) is 0. The van der Waals surface area contributed by atoms with E-state index in [0.717, 1.165) is 8.26 Å². The van der Waals surface area contributed by atoms with E-state index in [1.807, 2.05) is 0 Å². The van der Waals surface area contributed by atoms with Crippen molar-refractivity contribution in [3.05, 3.63) is 43.0 Å². The van der Waals surface area contributed by atoms with Gasteiger partial charge in [-0.2, -0.15) is 0 Å². The van der Waals surface area contributed by atoms with Crippen molar-refractivity contribution in [2.24, 2.45) is 0 Å². The van der Waals surface area contributed by atoms with E-state index >= 15 is 0 Å². The van der Waals surface area contributed by atoms with Crippen LogP contribution in [0.2, 0.25) is 0 Å². The highest BCUT2D eigenvalue weighted by Crippen LogP contribution is 2.33. The van der Waals surface area contributed by atoms with E-state index in [4.69, 9.17) is 10.8 Å². The van der Waals surface area contributed by atoms with Crippen molar-refractivity contribution >= 4 is 66.4 Å². The Hall–Kier alpha value is -1.38. The van der Waals surface area contributed by atoms with E-state index in [0.29, 0.717) is 10.6 Å². The van der Waals surface area contributed by atoms with Crippen LogP contribution in [0.5, 0.6) is 0 Å².